The topological polar surface area (TPSA) is 77.7 Å². The number of piperazine rings is 1. The predicted octanol–water partition coefficient (Wildman–Crippen LogP) is 4.20. The number of allylic oxidation sites excluding steroid dienone is 1. The number of nitrogen functional groups attached to an aromatic ring is 1. The molecule has 0 radical (unpaired) electrons. The monoisotopic (exact) mass is 514 g/mol. The third-order valence-electron chi connectivity index (χ3n) is 6.69. The Bertz CT molecular complexity index is 1260. The van der Waals surface area contributed by atoms with Crippen molar-refractivity contribution in [3.05, 3.63) is 96.5 Å². The van der Waals surface area contributed by atoms with Crippen LogP contribution in [0.3, 0.4) is 0 Å². The summed E-state index contributed by atoms with van der Waals surface area (Å²) in [6, 6.07) is 24.9. The number of carbonyl (C=O) groups excluding carboxylic acids is 1. The van der Waals surface area contributed by atoms with Crippen LogP contribution in [0.5, 0.6) is 0 Å². The lowest BCUT2D eigenvalue weighted by Gasteiger charge is -2.40. The molecule has 0 saturated carbocycles. The second-order valence-corrected chi connectivity index (χ2v) is 10.9. The summed E-state index contributed by atoms with van der Waals surface area (Å²) in [5.41, 5.74) is 7.46. The number of rotatable bonds is 9. The Morgan fingerprint density at radius 2 is 1.65 bits per heavy atom. The average Bonchev–Trinajstić information content (AvgIpc) is 3.40. The van der Waals surface area contributed by atoms with Gasteiger partial charge < -0.3 is 16.0 Å². The van der Waals surface area contributed by atoms with E-state index in [-0.39, 0.29) is 22.4 Å². The molecule has 1 atom stereocenters. The van der Waals surface area contributed by atoms with Gasteiger partial charge in [0.25, 0.3) is 5.91 Å². The number of nitrogens with zero attached hydrogens (tertiary/aromatic N) is 4. The number of anilines is 2. The molecular formula is C29H34N6OS. The zero-order valence-electron chi connectivity index (χ0n) is 21.0. The summed E-state index contributed by atoms with van der Waals surface area (Å²) in [7, 11) is -0.132. The molecule has 0 bridgehead atoms. The van der Waals surface area contributed by atoms with Crippen LogP contribution in [0, 0.1) is 0 Å². The number of para-hydroxylation sites is 1. The highest BCUT2D eigenvalue weighted by atomic mass is 32.2. The van der Waals surface area contributed by atoms with Gasteiger partial charge in [-0.05, 0) is 67.2 Å². The molecule has 3 heterocycles. The maximum atomic E-state index is 12.3. The van der Waals surface area contributed by atoms with Gasteiger partial charge in [0, 0.05) is 43.8 Å². The summed E-state index contributed by atoms with van der Waals surface area (Å²) < 4.78 is 2.49. The molecule has 2 aliphatic rings. The van der Waals surface area contributed by atoms with Crippen LogP contribution in [0.15, 0.2) is 95.8 Å². The van der Waals surface area contributed by atoms with Crippen molar-refractivity contribution in [2.75, 3.05) is 49.3 Å². The Morgan fingerprint density at radius 1 is 0.919 bits per heavy atom. The molecule has 0 aliphatic carbocycles. The highest BCUT2D eigenvalue weighted by Gasteiger charge is 2.28. The van der Waals surface area contributed by atoms with Crippen LogP contribution in [0.2, 0.25) is 0 Å². The fraction of sp³-hybridized carbons (Fsp3) is 0.276. The number of benzene rings is 2. The van der Waals surface area contributed by atoms with E-state index in [0.717, 1.165) is 45.6 Å². The van der Waals surface area contributed by atoms with Crippen LogP contribution in [0.1, 0.15) is 23.2 Å². The van der Waals surface area contributed by atoms with Gasteiger partial charge in [-0.15, -0.1) is 0 Å². The number of hydrogen-bond acceptors (Lipinski definition) is 6. The molecule has 7 nitrogen and oxygen atoms in total. The van der Waals surface area contributed by atoms with Gasteiger partial charge in [0.05, 0.1) is 11.3 Å². The van der Waals surface area contributed by atoms with Crippen LogP contribution >= 0.6 is 10.7 Å². The lowest BCUT2D eigenvalue weighted by atomic mass is 10.2. The number of nitrogens with two attached hydrogens (primary N) is 1. The minimum Gasteiger partial charge on any atom is -0.383 e. The van der Waals surface area contributed by atoms with Crippen molar-refractivity contribution < 1.29 is 4.79 Å². The summed E-state index contributed by atoms with van der Waals surface area (Å²) in [6.07, 6.45) is 5.88. The van der Waals surface area contributed by atoms with Crippen molar-refractivity contribution in [3.8, 4) is 0 Å². The zero-order chi connectivity index (χ0) is 25.5. The van der Waals surface area contributed by atoms with Gasteiger partial charge in [-0.1, -0.05) is 47.1 Å². The van der Waals surface area contributed by atoms with Crippen LogP contribution in [-0.4, -0.2) is 65.3 Å². The minimum absolute atomic E-state index is 0.132. The number of carbonyl (C=O) groups is 1. The molecule has 1 aromatic heterocycles. The van der Waals surface area contributed by atoms with E-state index in [1.807, 2.05) is 0 Å². The van der Waals surface area contributed by atoms with Crippen molar-refractivity contribution in [3.63, 3.8) is 0 Å². The van der Waals surface area contributed by atoms with Gasteiger partial charge in [0.1, 0.15) is 11.6 Å². The molecule has 1 amide bonds. The molecule has 3 aromatic rings. The van der Waals surface area contributed by atoms with Crippen molar-refractivity contribution in [2.24, 2.45) is 0 Å². The maximum Gasteiger partial charge on any atom is 0.255 e. The van der Waals surface area contributed by atoms with Gasteiger partial charge in [0.15, 0.2) is 0 Å². The molecule has 3 N–H and O–H groups in total. The molecule has 2 aromatic carbocycles. The van der Waals surface area contributed by atoms with Gasteiger partial charge in [-0.3, -0.25) is 14.0 Å². The smallest absolute Gasteiger partial charge is 0.255 e. The second-order valence-electron chi connectivity index (χ2n) is 9.15. The Kier molecular flexibility index (Phi) is 8.18. The fourth-order valence-electron chi connectivity index (χ4n) is 4.71. The predicted molar refractivity (Wildman–Crippen MR) is 154 cm³/mol. The third kappa shape index (κ3) is 6.03. The van der Waals surface area contributed by atoms with E-state index in [1.165, 1.54) is 16.4 Å². The average molecular weight is 515 g/mol. The third-order valence-corrected chi connectivity index (χ3v) is 8.63. The quantitative estimate of drug-likeness (QED) is 0.329. The van der Waals surface area contributed by atoms with Gasteiger partial charge in [-0.2, -0.15) is 0 Å². The first-order chi connectivity index (χ1) is 18.2. The molecule has 1 fully saturated rings. The van der Waals surface area contributed by atoms with E-state index in [4.69, 9.17) is 5.73 Å². The van der Waals surface area contributed by atoms with E-state index in [0.29, 0.717) is 12.1 Å². The summed E-state index contributed by atoms with van der Waals surface area (Å²) >= 11 is 0. The fourth-order valence-corrected chi connectivity index (χ4v) is 6.61. The molecular weight excluding hydrogens is 480 g/mol. The number of unbranched alkanes of at least 4 members (excludes halogenated alkanes) is 1. The molecule has 8 heteroatoms. The molecule has 37 heavy (non-hydrogen) atoms. The molecule has 1 unspecified atom stereocenters. The normalized spacial score (nSPS) is 17.8. The highest BCUT2D eigenvalue weighted by Crippen LogP contribution is 2.42. The van der Waals surface area contributed by atoms with Crippen LogP contribution < -0.4 is 15.4 Å². The minimum atomic E-state index is -0.154. The van der Waals surface area contributed by atoms with Crippen molar-refractivity contribution in [2.45, 2.75) is 17.7 Å². The van der Waals surface area contributed by atoms with Crippen LogP contribution in [-0.2, 0) is 0 Å². The summed E-state index contributed by atoms with van der Waals surface area (Å²) in [5, 5.41) is 5.30. The lowest BCUT2D eigenvalue weighted by Crippen LogP contribution is -2.48. The standard InChI is InChI=1S/C29H34N6OS/c30-28-26(14-9-17-31-28)29(36)32-16-7-8-18-33-19-21-34(22-20-33)27-15-23-37(25-12-5-2-6-13-25)35(27)24-10-3-1-4-11-24/h1-6,9-15,17,23H,7-8,16,18-22H2,(H2,30,31)(H,32,36). The Morgan fingerprint density at radius 3 is 2.38 bits per heavy atom. The van der Waals surface area contributed by atoms with Gasteiger partial charge in [0.2, 0.25) is 0 Å². The van der Waals surface area contributed by atoms with Gasteiger partial charge >= 0.3 is 0 Å². The summed E-state index contributed by atoms with van der Waals surface area (Å²) in [4.78, 5) is 22.6. The van der Waals surface area contributed by atoms with Crippen LogP contribution in [0.4, 0.5) is 11.5 Å². The summed E-state index contributed by atoms with van der Waals surface area (Å²) in [6.45, 7) is 5.78. The summed E-state index contributed by atoms with van der Waals surface area (Å²) in [5.74, 6) is 1.41. The number of pyridine rings is 1. The van der Waals surface area contributed by atoms with Crippen molar-refractivity contribution >= 4 is 33.5 Å². The Balaban J connectivity index is 1.10. The number of hydrogen-bond donors (Lipinski definition) is 2. The Labute approximate surface area is 221 Å². The first-order valence-corrected chi connectivity index (χ1v) is 14.1. The second kappa shape index (κ2) is 12.1. The van der Waals surface area contributed by atoms with E-state index < -0.39 is 0 Å². The Hall–Kier alpha value is -3.62. The van der Waals surface area contributed by atoms with Gasteiger partial charge in [-0.25, -0.2) is 4.98 Å². The van der Waals surface area contributed by atoms with Crippen LogP contribution in [0.25, 0.3) is 0 Å². The van der Waals surface area contributed by atoms with E-state index in [2.05, 4.69) is 96.5 Å². The molecule has 2 aliphatic heterocycles. The highest BCUT2D eigenvalue weighted by molar-refractivity contribution is 8.16. The molecule has 1 saturated heterocycles. The van der Waals surface area contributed by atoms with E-state index in [1.54, 1.807) is 18.3 Å². The van der Waals surface area contributed by atoms with Crippen molar-refractivity contribution in [1.29, 1.82) is 0 Å². The zero-order valence-corrected chi connectivity index (χ0v) is 21.8. The molecule has 5 rings (SSSR count). The van der Waals surface area contributed by atoms with E-state index >= 15 is 0 Å². The van der Waals surface area contributed by atoms with Crippen molar-refractivity contribution in [1.82, 2.24) is 20.1 Å². The number of nitrogens with one attached hydrogen (secondary N) is 1. The lowest BCUT2D eigenvalue weighted by molar-refractivity contribution is 0.0952. The number of amides is 1. The first-order valence-electron chi connectivity index (χ1n) is 12.9. The maximum absolute atomic E-state index is 12.3. The SMILES string of the molecule is Nc1ncccc1C(=O)NCCCCN1CCN(C2=CC=S(c3ccccc3)N2c2ccccc2)CC1. The molecule has 192 valence electrons. The largest absolute Gasteiger partial charge is 0.383 e. The molecule has 0 spiro atoms. The first kappa shape index (κ1) is 25.0. The number of aromatic nitrogens is 1. The van der Waals surface area contributed by atoms with E-state index in [9.17, 15) is 4.79 Å².